The first-order valence-corrected chi connectivity index (χ1v) is 13.0. The lowest BCUT2D eigenvalue weighted by atomic mass is 9.42. The molecule has 0 aliphatic heterocycles. The van der Waals surface area contributed by atoms with Crippen LogP contribution in [0.1, 0.15) is 86.5 Å². The maximum absolute atomic E-state index is 13.0. The molecule has 4 aliphatic carbocycles. The average Bonchev–Trinajstić information content (AvgIpc) is 3.00. The minimum atomic E-state index is -1.95. The maximum Gasteiger partial charge on any atom is 0.330 e. The Morgan fingerprint density at radius 1 is 1.11 bits per heavy atom. The Morgan fingerprint density at radius 3 is 2.37 bits per heavy atom. The molecule has 4 aliphatic rings. The fraction of sp³-hybridized carbons (Fsp3) is 0.786. The Hall–Kier alpha value is -1.54. The van der Waals surface area contributed by atoms with Crippen LogP contribution in [0, 0.1) is 22.7 Å². The molecule has 0 spiro atoms. The topological polar surface area (TPSA) is 124 Å². The summed E-state index contributed by atoms with van der Waals surface area (Å²) in [5, 5.41) is 46.7. The molecule has 0 aromatic carbocycles. The molecular weight excluding hydrogens is 448 g/mol. The van der Waals surface area contributed by atoms with Gasteiger partial charge in [0.05, 0.1) is 11.5 Å². The van der Waals surface area contributed by atoms with Crippen molar-refractivity contribution in [2.75, 3.05) is 0 Å². The highest BCUT2D eigenvalue weighted by Gasteiger charge is 2.81. The highest BCUT2D eigenvalue weighted by molar-refractivity contribution is 5.87. The van der Waals surface area contributed by atoms with Gasteiger partial charge in [0.15, 0.2) is 5.78 Å². The highest BCUT2D eigenvalue weighted by Crippen LogP contribution is 2.70. The molecule has 196 valence electrons. The van der Waals surface area contributed by atoms with Crippen LogP contribution < -0.4 is 0 Å². The smallest absolute Gasteiger partial charge is 0.330 e. The van der Waals surface area contributed by atoms with Crippen molar-refractivity contribution in [3.63, 3.8) is 0 Å². The van der Waals surface area contributed by atoms with Crippen molar-refractivity contribution in [3.05, 3.63) is 23.3 Å². The molecule has 0 aromatic rings. The summed E-state index contributed by atoms with van der Waals surface area (Å²) in [7, 11) is 0. The van der Waals surface area contributed by atoms with Crippen molar-refractivity contribution in [1.82, 2.24) is 0 Å². The van der Waals surface area contributed by atoms with Crippen LogP contribution in [0.2, 0.25) is 0 Å². The molecule has 8 unspecified atom stereocenters. The van der Waals surface area contributed by atoms with E-state index >= 15 is 0 Å². The number of aliphatic hydroxyl groups excluding tert-OH is 1. The van der Waals surface area contributed by atoms with Crippen LogP contribution in [0.5, 0.6) is 0 Å². The van der Waals surface area contributed by atoms with Gasteiger partial charge in [0.1, 0.15) is 22.9 Å². The maximum atomic E-state index is 13.0. The third-order valence-corrected chi connectivity index (χ3v) is 10.7. The van der Waals surface area contributed by atoms with Gasteiger partial charge in [-0.05, 0) is 77.0 Å². The number of ketones is 1. The van der Waals surface area contributed by atoms with E-state index in [4.69, 9.17) is 4.74 Å². The van der Waals surface area contributed by atoms with Crippen molar-refractivity contribution >= 4 is 11.8 Å². The molecule has 0 radical (unpaired) electrons. The van der Waals surface area contributed by atoms with Crippen LogP contribution in [0.25, 0.3) is 0 Å². The zero-order valence-electron chi connectivity index (χ0n) is 21.9. The van der Waals surface area contributed by atoms with E-state index in [2.05, 4.69) is 6.92 Å². The molecule has 0 heterocycles. The van der Waals surface area contributed by atoms with Crippen LogP contribution in [-0.2, 0) is 14.3 Å². The first kappa shape index (κ1) is 26.5. The van der Waals surface area contributed by atoms with Gasteiger partial charge in [-0.25, -0.2) is 4.79 Å². The van der Waals surface area contributed by atoms with E-state index in [9.17, 15) is 30.0 Å². The number of rotatable bonds is 4. The molecule has 0 bridgehead atoms. The summed E-state index contributed by atoms with van der Waals surface area (Å²) in [5.74, 6) is -1.41. The van der Waals surface area contributed by atoms with Gasteiger partial charge in [-0.15, -0.1) is 0 Å². The Bertz CT molecular complexity index is 984. The lowest BCUT2D eigenvalue weighted by Gasteiger charge is -2.67. The number of hydrogen-bond donors (Lipinski definition) is 4. The van der Waals surface area contributed by atoms with E-state index in [1.807, 2.05) is 26.8 Å². The van der Waals surface area contributed by atoms with Crippen LogP contribution >= 0.6 is 0 Å². The fourth-order valence-corrected chi connectivity index (χ4v) is 7.90. The van der Waals surface area contributed by atoms with Crippen molar-refractivity contribution in [2.24, 2.45) is 22.7 Å². The summed E-state index contributed by atoms with van der Waals surface area (Å²) in [6, 6.07) is 0. The van der Waals surface area contributed by atoms with Crippen LogP contribution in [0.3, 0.4) is 0 Å². The van der Waals surface area contributed by atoms with E-state index < -0.39 is 57.5 Å². The van der Waals surface area contributed by atoms with Crippen molar-refractivity contribution in [3.8, 4) is 0 Å². The highest BCUT2D eigenvalue weighted by atomic mass is 16.5. The van der Waals surface area contributed by atoms with E-state index in [1.165, 1.54) is 13.0 Å². The van der Waals surface area contributed by atoms with Gasteiger partial charge in [0.25, 0.3) is 0 Å². The number of hydrogen-bond acceptors (Lipinski definition) is 7. The van der Waals surface area contributed by atoms with Crippen LogP contribution in [-0.4, -0.2) is 61.2 Å². The number of Topliss-reactive ketones (excluding diaryl/α,β-unsaturated/α-hetero) is 1. The second-order valence-electron chi connectivity index (χ2n) is 12.4. The molecule has 35 heavy (non-hydrogen) atoms. The van der Waals surface area contributed by atoms with Gasteiger partial charge in [0.2, 0.25) is 0 Å². The molecule has 7 heteroatoms. The van der Waals surface area contributed by atoms with E-state index in [0.29, 0.717) is 19.3 Å². The molecule has 3 fully saturated rings. The minimum Gasteiger partial charge on any atom is -0.458 e. The molecule has 0 amide bonds. The van der Waals surface area contributed by atoms with E-state index in [-0.39, 0.29) is 31.6 Å². The van der Waals surface area contributed by atoms with Gasteiger partial charge >= 0.3 is 5.97 Å². The van der Waals surface area contributed by atoms with Gasteiger partial charge in [0, 0.05) is 12.0 Å². The molecule has 8 atom stereocenters. The minimum absolute atomic E-state index is 0.0172. The molecule has 7 nitrogen and oxygen atoms in total. The molecule has 4 rings (SSSR count). The monoisotopic (exact) mass is 490 g/mol. The Morgan fingerprint density at radius 2 is 1.77 bits per heavy atom. The summed E-state index contributed by atoms with van der Waals surface area (Å²) >= 11 is 0. The number of fused-ring (bicyclic) bond motifs is 5. The largest absolute Gasteiger partial charge is 0.458 e. The Labute approximate surface area is 208 Å². The second kappa shape index (κ2) is 8.23. The van der Waals surface area contributed by atoms with E-state index in [0.717, 1.165) is 11.1 Å². The predicted molar refractivity (Wildman–Crippen MR) is 130 cm³/mol. The lowest BCUT2D eigenvalue weighted by Crippen LogP contribution is -2.78. The van der Waals surface area contributed by atoms with E-state index in [1.54, 1.807) is 6.92 Å². The third-order valence-electron chi connectivity index (χ3n) is 10.7. The van der Waals surface area contributed by atoms with Crippen molar-refractivity contribution in [2.45, 2.75) is 115 Å². The van der Waals surface area contributed by atoms with Gasteiger partial charge in [-0.2, -0.15) is 0 Å². The molecular formula is C28H42O7. The SMILES string of the molecule is CC(=O)C1(O)CCC2(O)C3(O)CC=C4CC(O)CCC4(C)C3CC(OC(=O)C=C(C)C(C)C)C12C. The first-order valence-electron chi connectivity index (χ1n) is 13.0. The summed E-state index contributed by atoms with van der Waals surface area (Å²) in [4.78, 5) is 25.9. The standard InChI is InChI=1S/C28H42O7/c1-16(2)17(3)13-23(31)35-22-15-21-24(5)9-8-20(30)14-19(24)7-10-27(21,33)28(34)12-11-26(32,18(4)29)25(22,28)6/h7,13,16,20-22,30,32-34H,8-12,14-15H2,1-6H3. The Kier molecular flexibility index (Phi) is 6.24. The average molecular weight is 491 g/mol. The quantitative estimate of drug-likeness (QED) is 0.271. The lowest BCUT2D eigenvalue weighted by molar-refractivity contribution is -0.314. The fourth-order valence-electron chi connectivity index (χ4n) is 7.90. The molecule has 4 N–H and O–H groups in total. The summed E-state index contributed by atoms with van der Waals surface area (Å²) < 4.78 is 6.01. The number of aliphatic hydroxyl groups is 4. The Balaban J connectivity index is 1.85. The predicted octanol–water partition coefficient (Wildman–Crippen LogP) is 2.98. The van der Waals surface area contributed by atoms with Crippen LogP contribution in [0.15, 0.2) is 23.3 Å². The van der Waals surface area contributed by atoms with Crippen molar-refractivity contribution in [1.29, 1.82) is 0 Å². The number of carbonyl (C=O) groups is 2. The number of allylic oxidation sites excluding steroid dienone is 1. The van der Waals surface area contributed by atoms with Crippen molar-refractivity contribution < 1.29 is 34.8 Å². The molecule has 0 aromatic heterocycles. The molecule has 3 saturated carbocycles. The third kappa shape index (κ3) is 3.38. The van der Waals surface area contributed by atoms with Crippen LogP contribution in [0.4, 0.5) is 0 Å². The zero-order valence-corrected chi connectivity index (χ0v) is 21.9. The van der Waals surface area contributed by atoms with Gasteiger partial charge in [-0.3, -0.25) is 4.79 Å². The number of esters is 1. The summed E-state index contributed by atoms with van der Waals surface area (Å²) in [5.41, 5.74) is -5.62. The number of ether oxygens (including phenoxy) is 1. The van der Waals surface area contributed by atoms with Gasteiger partial charge in [-0.1, -0.05) is 38.0 Å². The molecule has 0 saturated heterocycles. The zero-order chi connectivity index (χ0) is 26.2. The normalized spacial score (nSPS) is 47.5. The van der Waals surface area contributed by atoms with Gasteiger partial charge < -0.3 is 25.2 Å². The second-order valence-corrected chi connectivity index (χ2v) is 12.4. The summed E-state index contributed by atoms with van der Waals surface area (Å²) in [6.45, 7) is 10.7. The number of carbonyl (C=O) groups excluding carboxylic acids is 2. The first-order chi connectivity index (χ1) is 16.1. The summed E-state index contributed by atoms with van der Waals surface area (Å²) in [6.07, 6.45) is 4.01.